The van der Waals surface area contributed by atoms with Crippen molar-refractivity contribution in [1.82, 2.24) is 19.5 Å². The summed E-state index contributed by atoms with van der Waals surface area (Å²) in [4.78, 5) is 12.4. The summed E-state index contributed by atoms with van der Waals surface area (Å²) in [6.07, 6.45) is 4.34. The van der Waals surface area contributed by atoms with E-state index in [1.807, 2.05) is 36.0 Å². The molecule has 96 valence electrons. The minimum absolute atomic E-state index is 0.197. The topological polar surface area (TPSA) is 95.6 Å². The second-order valence-electron chi connectivity index (χ2n) is 4.45. The number of benzene rings is 1. The molecule has 6 heteroatoms. The number of hydrogen-bond acceptors (Lipinski definition) is 5. The zero-order chi connectivity index (χ0) is 13.4. The third kappa shape index (κ3) is 1.97. The molecule has 1 aromatic carbocycles. The van der Waals surface area contributed by atoms with E-state index in [0.717, 1.165) is 28.6 Å². The van der Waals surface area contributed by atoms with Gasteiger partial charge in [-0.25, -0.2) is 9.97 Å². The Morgan fingerprint density at radius 2 is 2.05 bits per heavy atom. The highest BCUT2D eigenvalue weighted by Crippen LogP contribution is 2.24. The largest absolute Gasteiger partial charge is 0.383 e. The number of nitrogens with zero attached hydrogens (tertiary/aromatic N) is 4. The van der Waals surface area contributed by atoms with E-state index in [2.05, 4.69) is 15.0 Å². The smallest absolute Gasteiger partial charge is 0.222 e. The molecule has 3 aromatic rings. The summed E-state index contributed by atoms with van der Waals surface area (Å²) in [5.41, 5.74) is 14.5. The SMILES string of the molecule is Cn1cncc1Cc1cccc2nc(N)nc(N)c12. The summed E-state index contributed by atoms with van der Waals surface area (Å²) in [7, 11) is 1.96. The Balaban J connectivity index is 2.16. The van der Waals surface area contributed by atoms with Gasteiger partial charge in [0, 0.05) is 30.7 Å². The molecule has 19 heavy (non-hydrogen) atoms. The van der Waals surface area contributed by atoms with Crippen molar-refractivity contribution in [2.75, 3.05) is 11.5 Å². The van der Waals surface area contributed by atoms with Crippen molar-refractivity contribution in [3.63, 3.8) is 0 Å². The van der Waals surface area contributed by atoms with Crippen LogP contribution in [0.1, 0.15) is 11.3 Å². The van der Waals surface area contributed by atoms with Crippen LogP contribution in [0.4, 0.5) is 11.8 Å². The summed E-state index contributed by atoms with van der Waals surface area (Å²) in [5, 5.41) is 0.859. The molecule has 2 heterocycles. The Hall–Kier alpha value is -2.63. The maximum atomic E-state index is 5.97. The molecule has 0 fully saturated rings. The Bertz CT molecular complexity index is 746. The van der Waals surface area contributed by atoms with Crippen molar-refractivity contribution in [2.24, 2.45) is 7.05 Å². The van der Waals surface area contributed by atoms with Gasteiger partial charge in [0.25, 0.3) is 0 Å². The van der Waals surface area contributed by atoms with E-state index in [1.54, 1.807) is 6.33 Å². The molecular formula is C13H14N6. The predicted molar refractivity (Wildman–Crippen MR) is 74.4 cm³/mol. The molecule has 6 nitrogen and oxygen atoms in total. The molecule has 4 N–H and O–H groups in total. The molecule has 0 unspecified atom stereocenters. The summed E-state index contributed by atoms with van der Waals surface area (Å²) < 4.78 is 1.98. The Kier molecular flexibility index (Phi) is 2.56. The van der Waals surface area contributed by atoms with Gasteiger partial charge in [-0.05, 0) is 11.6 Å². The molecule has 0 bridgehead atoms. The lowest BCUT2D eigenvalue weighted by molar-refractivity contribution is 0.846. The molecule has 0 aliphatic carbocycles. The number of nitrogens with two attached hydrogens (primary N) is 2. The fourth-order valence-electron chi connectivity index (χ4n) is 2.20. The number of nitrogen functional groups attached to an aromatic ring is 2. The lowest BCUT2D eigenvalue weighted by Gasteiger charge is -2.09. The quantitative estimate of drug-likeness (QED) is 0.714. The van der Waals surface area contributed by atoms with Crippen LogP contribution in [0.3, 0.4) is 0 Å². The summed E-state index contributed by atoms with van der Waals surface area (Å²) in [5.74, 6) is 0.614. The molecule has 0 saturated carbocycles. The minimum atomic E-state index is 0.197. The molecular weight excluding hydrogens is 240 g/mol. The highest BCUT2D eigenvalue weighted by molar-refractivity contribution is 5.92. The highest BCUT2D eigenvalue weighted by Gasteiger charge is 2.10. The van der Waals surface area contributed by atoms with Gasteiger partial charge in [-0.1, -0.05) is 12.1 Å². The molecule has 0 aliphatic rings. The van der Waals surface area contributed by atoms with Gasteiger partial charge in [-0.15, -0.1) is 0 Å². The first-order valence-corrected chi connectivity index (χ1v) is 5.91. The summed E-state index contributed by atoms with van der Waals surface area (Å²) in [6.45, 7) is 0. The van der Waals surface area contributed by atoms with E-state index in [1.165, 1.54) is 0 Å². The van der Waals surface area contributed by atoms with Gasteiger partial charge < -0.3 is 16.0 Å². The molecule has 0 spiro atoms. The van der Waals surface area contributed by atoms with Crippen LogP contribution in [0.25, 0.3) is 10.9 Å². The van der Waals surface area contributed by atoms with Crippen molar-refractivity contribution in [1.29, 1.82) is 0 Å². The molecule has 0 aliphatic heterocycles. The second kappa shape index (κ2) is 4.24. The van der Waals surface area contributed by atoms with Gasteiger partial charge in [0.2, 0.25) is 5.95 Å². The third-order valence-electron chi connectivity index (χ3n) is 3.14. The minimum Gasteiger partial charge on any atom is -0.383 e. The van der Waals surface area contributed by atoms with Gasteiger partial charge in [-0.3, -0.25) is 0 Å². The number of hydrogen-bond donors (Lipinski definition) is 2. The normalized spacial score (nSPS) is 11.0. The average Bonchev–Trinajstić information content (AvgIpc) is 2.74. The fourth-order valence-corrected chi connectivity index (χ4v) is 2.20. The zero-order valence-electron chi connectivity index (χ0n) is 10.5. The standard InChI is InChI=1S/C13H14N6/c1-19-7-16-6-9(19)5-8-3-2-4-10-11(8)12(14)18-13(15)17-10/h2-4,6-7H,5H2,1H3,(H4,14,15,17,18). The van der Waals surface area contributed by atoms with Crippen LogP contribution >= 0.6 is 0 Å². The van der Waals surface area contributed by atoms with Gasteiger partial charge >= 0.3 is 0 Å². The van der Waals surface area contributed by atoms with E-state index in [9.17, 15) is 0 Å². The van der Waals surface area contributed by atoms with Crippen LogP contribution in [-0.2, 0) is 13.5 Å². The number of fused-ring (bicyclic) bond motifs is 1. The van der Waals surface area contributed by atoms with E-state index >= 15 is 0 Å². The monoisotopic (exact) mass is 254 g/mol. The number of imidazole rings is 1. The van der Waals surface area contributed by atoms with Crippen LogP contribution in [-0.4, -0.2) is 19.5 Å². The number of anilines is 2. The van der Waals surface area contributed by atoms with E-state index < -0.39 is 0 Å². The predicted octanol–water partition coefficient (Wildman–Crippen LogP) is 1.12. The highest BCUT2D eigenvalue weighted by atomic mass is 15.0. The first-order chi connectivity index (χ1) is 9.15. The van der Waals surface area contributed by atoms with Crippen molar-refractivity contribution in [3.8, 4) is 0 Å². The average molecular weight is 254 g/mol. The van der Waals surface area contributed by atoms with Crippen LogP contribution < -0.4 is 11.5 Å². The molecule has 0 saturated heterocycles. The Morgan fingerprint density at radius 1 is 1.21 bits per heavy atom. The van der Waals surface area contributed by atoms with Gasteiger partial charge in [0.15, 0.2) is 0 Å². The maximum Gasteiger partial charge on any atom is 0.222 e. The first kappa shape index (κ1) is 11.5. The third-order valence-corrected chi connectivity index (χ3v) is 3.14. The molecule has 0 radical (unpaired) electrons. The summed E-state index contributed by atoms with van der Waals surface area (Å²) >= 11 is 0. The van der Waals surface area contributed by atoms with Crippen molar-refractivity contribution in [2.45, 2.75) is 6.42 Å². The number of rotatable bonds is 2. The van der Waals surface area contributed by atoms with Gasteiger partial charge in [0.05, 0.1) is 11.8 Å². The second-order valence-corrected chi connectivity index (χ2v) is 4.45. The number of aryl methyl sites for hydroxylation is 1. The molecule has 2 aromatic heterocycles. The first-order valence-electron chi connectivity index (χ1n) is 5.91. The Morgan fingerprint density at radius 3 is 2.79 bits per heavy atom. The van der Waals surface area contributed by atoms with Gasteiger partial charge in [-0.2, -0.15) is 4.98 Å². The Labute approximate surface area is 110 Å². The molecule has 0 amide bonds. The summed E-state index contributed by atoms with van der Waals surface area (Å²) in [6, 6.07) is 5.85. The van der Waals surface area contributed by atoms with Crippen LogP contribution in [0.5, 0.6) is 0 Å². The van der Waals surface area contributed by atoms with E-state index in [4.69, 9.17) is 11.5 Å². The molecule has 0 atom stereocenters. The lowest BCUT2D eigenvalue weighted by Crippen LogP contribution is -2.03. The van der Waals surface area contributed by atoms with Crippen molar-refractivity contribution in [3.05, 3.63) is 42.0 Å². The van der Waals surface area contributed by atoms with Crippen LogP contribution in [0.2, 0.25) is 0 Å². The fraction of sp³-hybridized carbons (Fsp3) is 0.154. The molecule has 3 rings (SSSR count). The van der Waals surface area contributed by atoms with Crippen LogP contribution in [0, 0.1) is 0 Å². The van der Waals surface area contributed by atoms with Crippen LogP contribution in [0.15, 0.2) is 30.7 Å². The van der Waals surface area contributed by atoms with Crippen molar-refractivity contribution >= 4 is 22.7 Å². The van der Waals surface area contributed by atoms with Crippen molar-refractivity contribution < 1.29 is 0 Å². The number of aromatic nitrogens is 4. The lowest BCUT2D eigenvalue weighted by atomic mass is 10.0. The maximum absolute atomic E-state index is 5.97. The zero-order valence-corrected chi connectivity index (χ0v) is 10.5. The van der Waals surface area contributed by atoms with E-state index in [0.29, 0.717) is 5.82 Å². The van der Waals surface area contributed by atoms with Gasteiger partial charge in [0.1, 0.15) is 5.82 Å². The van der Waals surface area contributed by atoms with E-state index in [-0.39, 0.29) is 5.95 Å².